The van der Waals surface area contributed by atoms with Crippen molar-refractivity contribution in [1.82, 2.24) is 0 Å². The molecule has 1 N–H and O–H groups in total. The number of hydrogen-bond acceptors (Lipinski definition) is 3. The van der Waals surface area contributed by atoms with Gasteiger partial charge < -0.3 is 9.52 Å². The minimum absolute atomic E-state index is 0.0210. The van der Waals surface area contributed by atoms with Crippen molar-refractivity contribution in [2.45, 2.75) is 13.8 Å². The van der Waals surface area contributed by atoms with E-state index in [4.69, 9.17) is 4.42 Å². The van der Waals surface area contributed by atoms with Gasteiger partial charge in [0.2, 0.25) is 5.76 Å². The van der Waals surface area contributed by atoms with E-state index in [1.165, 1.54) is 6.92 Å². The van der Waals surface area contributed by atoms with Gasteiger partial charge in [-0.2, -0.15) is 0 Å². The molecule has 0 unspecified atom stereocenters. The van der Waals surface area contributed by atoms with Crippen LogP contribution in [0.4, 0.5) is 0 Å². The number of rotatable bonds is 2. The minimum atomic E-state index is -0.277. The van der Waals surface area contributed by atoms with Gasteiger partial charge in [-0.25, -0.2) is 0 Å². The molecule has 1 heterocycles. The topological polar surface area (TPSA) is 50.4 Å². The molecule has 0 spiro atoms. The maximum absolute atomic E-state index is 11.2. The van der Waals surface area contributed by atoms with Crippen LogP contribution in [0.1, 0.15) is 30.0 Å². The van der Waals surface area contributed by atoms with E-state index in [1.807, 2.05) is 25.1 Å². The largest absolute Gasteiger partial charge is 0.504 e. The molecule has 2 rings (SSSR count). The average Bonchev–Trinajstić information content (AvgIpc) is 2.57. The maximum Gasteiger partial charge on any atom is 0.212 e. The Morgan fingerprint density at radius 2 is 2.19 bits per heavy atom. The summed E-state index contributed by atoms with van der Waals surface area (Å²) in [5, 5.41) is 10.4. The van der Waals surface area contributed by atoms with Crippen LogP contribution in [0.2, 0.25) is 0 Å². The molecule has 1 aromatic carbocycles. The molecule has 0 saturated carbocycles. The van der Waals surface area contributed by atoms with E-state index in [1.54, 1.807) is 12.1 Å². The first-order valence-electron chi connectivity index (χ1n) is 5.02. The molecule has 2 aromatic rings. The van der Waals surface area contributed by atoms with Gasteiger partial charge in [-0.05, 0) is 24.6 Å². The second kappa shape index (κ2) is 3.85. The number of furan rings is 1. The van der Waals surface area contributed by atoms with E-state index in [0.717, 1.165) is 5.56 Å². The quantitative estimate of drug-likeness (QED) is 0.783. The Morgan fingerprint density at radius 1 is 1.44 bits per heavy atom. The summed E-state index contributed by atoms with van der Waals surface area (Å²) in [5.41, 5.74) is 1.48. The van der Waals surface area contributed by atoms with Crippen LogP contribution in [-0.4, -0.2) is 10.9 Å². The van der Waals surface area contributed by atoms with Crippen LogP contribution in [-0.2, 0) is 0 Å². The van der Waals surface area contributed by atoms with Gasteiger partial charge >= 0.3 is 0 Å². The van der Waals surface area contributed by atoms with Crippen molar-refractivity contribution in [3.05, 3.63) is 35.6 Å². The average molecular weight is 216 g/mol. The summed E-state index contributed by atoms with van der Waals surface area (Å²) in [4.78, 5) is 11.2. The van der Waals surface area contributed by atoms with Gasteiger partial charge in [0.25, 0.3) is 0 Å². The van der Waals surface area contributed by atoms with E-state index in [0.29, 0.717) is 11.0 Å². The first kappa shape index (κ1) is 10.5. The van der Waals surface area contributed by atoms with Crippen LogP contribution in [0.5, 0.6) is 5.75 Å². The maximum atomic E-state index is 11.2. The molecule has 0 radical (unpaired) electrons. The van der Waals surface area contributed by atoms with Crippen LogP contribution in [0.3, 0.4) is 0 Å². The lowest BCUT2D eigenvalue weighted by atomic mass is 10.1. The standard InChI is InChI=1S/C13H12O3/c1-3-4-9-5-6-11-10(7-9)12(15)13(16-11)8(2)14/h3-7,15H,1-2H3/b4-3+. The van der Waals surface area contributed by atoms with Gasteiger partial charge in [-0.3, -0.25) is 4.79 Å². The number of fused-ring (bicyclic) bond motifs is 1. The molecule has 0 fully saturated rings. The van der Waals surface area contributed by atoms with Crippen molar-refractivity contribution in [1.29, 1.82) is 0 Å². The number of benzene rings is 1. The Bertz CT molecular complexity index is 576. The van der Waals surface area contributed by atoms with E-state index in [2.05, 4.69) is 0 Å². The third-order valence-corrected chi connectivity index (χ3v) is 2.36. The van der Waals surface area contributed by atoms with Gasteiger partial charge in [0.15, 0.2) is 11.5 Å². The zero-order chi connectivity index (χ0) is 11.7. The molecular formula is C13H12O3. The molecule has 3 heteroatoms. The first-order chi connectivity index (χ1) is 7.63. The van der Waals surface area contributed by atoms with Gasteiger partial charge in [-0.1, -0.05) is 18.2 Å². The fourth-order valence-electron chi connectivity index (χ4n) is 1.64. The third-order valence-electron chi connectivity index (χ3n) is 2.36. The first-order valence-corrected chi connectivity index (χ1v) is 5.02. The predicted molar refractivity (Wildman–Crippen MR) is 62.6 cm³/mol. The highest BCUT2D eigenvalue weighted by molar-refractivity contribution is 6.01. The molecular weight excluding hydrogens is 204 g/mol. The number of carbonyl (C=O) groups excluding carboxylic acids is 1. The van der Waals surface area contributed by atoms with Gasteiger partial charge in [-0.15, -0.1) is 0 Å². The monoisotopic (exact) mass is 216 g/mol. The summed E-state index contributed by atoms with van der Waals surface area (Å²) in [7, 11) is 0. The fourth-order valence-corrected chi connectivity index (χ4v) is 1.64. The highest BCUT2D eigenvalue weighted by Gasteiger charge is 2.16. The number of allylic oxidation sites excluding steroid dienone is 1. The van der Waals surface area contributed by atoms with Gasteiger partial charge in [0.05, 0.1) is 5.39 Å². The summed E-state index contributed by atoms with van der Waals surface area (Å²) < 4.78 is 5.27. The molecule has 3 nitrogen and oxygen atoms in total. The van der Waals surface area contributed by atoms with Crippen molar-refractivity contribution in [2.24, 2.45) is 0 Å². The highest BCUT2D eigenvalue weighted by Crippen LogP contribution is 2.33. The van der Waals surface area contributed by atoms with Crippen molar-refractivity contribution < 1.29 is 14.3 Å². The zero-order valence-corrected chi connectivity index (χ0v) is 9.15. The molecule has 0 amide bonds. The van der Waals surface area contributed by atoms with Crippen molar-refractivity contribution >= 4 is 22.8 Å². The lowest BCUT2D eigenvalue weighted by molar-refractivity contribution is 0.0985. The van der Waals surface area contributed by atoms with Gasteiger partial charge in [0.1, 0.15) is 5.58 Å². The highest BCUT2D eigenvalue weighted by atomic mass is 16.4. The summed E-state index contributed by atoms with van der Waals surface area (Å²) >= 11 is 0. The second-order valence-electron chi connectivity index (χ2n) is 3.59. The van der Waals surface area contributed by atoms with Crippen LogP contribution in [0.15, 0.2) is 28.7 Å². The van der Waals surface area contributed by atoms with Crippen LogP contribution in [0, 0.1) is 0 Å². The van der Waals surface area contributed by atoms with Crippen molar-refractivity contribution in [3.8, 4) is 5.75 Å². The summed E-state index contributed by atoms with van der Waals surface area (Å²) in [5.74, 6) is -0.331. The Hall–Kier alpha value is -2.03. The molecule has 0 atom stereocenters. The lowest BCUT2D eigenvalue weighted by Crippen LogP contribution is -1.87. The number of carbonyl (C=O) groups is 1. The lowest BCUT2D eigenvalue weighted by Gasteiger charge is -1.93. The van der Waals surface area contributed by atoms with Crippen molar-refractivity contribution in [3.63, 3.8) is 0 Å². The Balaban J connectivity index is 2.68. The SMILES string of the molecule is C/C=C/c1ccc2oc(C(C)=O)c(O)c2c1. The molecule has 0 saturated heterocycles. The van der Waals surface area contributed by atoms with Crippen molar-refractivity contribution in [2.75, 3.05) is 0 Å². The molecule has 0 bridgehead atoms. The summed E-state index contributed by atoms with van der Waals surface area (Å²) in [6, 6.07) is 5.41. The Morgan fingerprint density at radius 3 is 2.81 bits per heavy atom. The Kier molecular flexibility index (Phi) is 2.52. The minimum Gasteiger partial charge on any atom is -0.504 e. The molecule has 1 aromatic heterocycles. The fraction of sp³-hybridized carbons (Fsp3) is 0.154. The Labute approximate surface area is 93.0 Å². The van der Waals surface area contributed by atoms with Crippen LogP contribution >= 0.6 is 0 Å². The van der Waals surface area contributed by atoms with Gasteiger partial charge in [0, 0.05) is 6.92 Å². The van der Waals surface area contributed by atoms with E-state index in [9.17, 15) is 9.90 Å². The molecule has 0 aliphatic heterocycles. The molecule has 0 aliphatic rings. The summed E-state index contributed by atoms with van der Waals surface area (Å²) in [6.45, 7) is 3.28. The predicted octanol–water partition coefficient (Wildman–Crippen LogP) is 3.37. The number of ketones is 1. The van der Waals surface area contributed by atoms with Crippen LogP contribution in [0.25, 0.3) is 17.0 Å². The number of hydrogen-bond donors (Lipinski definition) is 1. The molecule has 16 heavy (non-hydrogen) atoms. The smallest absolute Gasteiger partial charge is 0.212 e. The molecule has 0 aliphatic carbocycles. The third kappa shape index (κ3) is 1.60. The molecule has 82 valence electrons. The number of Topliss-reactive ketones (excluding diaryl/α,β-unsaturated/α-hetero) is 1. The second-order valence-corrected chi connectivity index (χ2v) is 3.59. The zero-order valence-electron chi connectivity index (χ0n) is 9.15. The van der Waals surface area contributed by atoms with E-state index >= 15 is 0 Å². The van der Waals surface area contributed by atoms with E-state index < -0.39 is 0 Å². The summed E-state index contributed by atoms with van der Waals surface area (Å²) in [6.07, 6.45) is 3.82. The van der Waals surface area contributed by atoms with E-state index in [-0.39, 0.29) is 17.3 Å². The van der Waals surface area contributed by atoms with Crippen LogP contribution < -0.4 is 0 Å². The normalized spacial score (nSPS) is 11.4. The number of aromatic hydroxyl groups is 1.